The van der Waals surface area contributed by atoms with Gasteiger partial charge in [-0.1, -0.05) is 6.92 Å². The van der Waals surface area contributed by atoms with E-state index in [0.29, 0.717) is 0 Å². The molecule has 1 aromatic heterocycles. The smallest absolute Gasteiger partial charge is 0.0678 e. The van der Waals surface area contributed by atoms with Gasteiger partial charge in [-0.25, -0.2) is 0 Å². The normalized spacial score (nSPS) is 13.5. The van der Waals surface area contributed by atoms with Crippen LogP contribution in [0.15, 0.2) is 11.4 Å². The molecule has 1 unspecified atom stereocenters. The van der Waals surface area contributed by atoms with E-state index in [0.717, 1.165) is 6.42 Å². The minimum Gasteiger partial charge on any atom is -0.147 e. The first-order valence-corrected chi connectivity index (χ1v) is 4.75. The molecule has 2 heteroatoms. The summed E-state index contributed by atoms with van der Waals surface area (Å²) in [6.45, 7) is 4.22. The summed E-state index contributed by atoms with van der Waals surface area (Å²) in [4.78, 5) is 1.32. The molecule has 1 aromatic rings. The lowest BCUT2D eigenvalue weighted by Gasteiger charge is -2.03. The molecular formula is C8H11ClS. The van der Waals surface area contributed by atoms with Crippen molar-refractivity contribution in [3.8, 4) is 0 Å². The average Bonchev–Trinajstić information content (AvgIpc) is 2.34. The van der Waals surface area contributed by atoms with Gasteiger partial charge in [-0.15, -0.1) is 22.9 Å². The fourth-order valence-electron chi connectivity index (χ4n) is 0.891. The average molecular weight is 175 g/mol. The molecule has 0 bridgehead atoms. The van der Waals surface area contributed by atoms with Crippen LogP contribution < -0.4 is 0 Å². The number of alkyl halides is 1. The Morgan fingerprint density at radius 2 is 2.40 bits per heavy atom. The minimum absolute atomic E-state index is 0.222. The molecule has 0 spiro atoms. The van der Waals surface area contributed by atoms with Crippen molar-refractivity contribution in [1.29, 1.82) is 0 Å². The summed E-state index contributed by atoms with van der Waals surface area (Å²) in [7, 11) is 0. The number of rotatable bonds is 2. The van der Waals surface area contributed by atoms with Gasteiger partial charge >= 0.3 is 0 Å². The topological polar surface area (TPSA) is 0 Å². The Bertz CT molecular complexity index is 205. The summed E-state index contributed by atoms with van der Waals surface area (Å²) in [6.07, 6.45) is 1.02. The minimum atomic E-state index is 0.222. The summed E-state index contributed by atoms with van der Waals surface area (Å²) in [5, 5.41) is 2.32. The van der Waals surface area contributed by atoms with Gasteiger partial charge in [0.1, 0.15) is 0 Å². The second kappa shape index (κ2) is 3.40. The van der Waals surface area contributed by atoms with E-state index in [-0.39, 0.29) is 5.38 Å². The Kier molecular flexibility index (Phi) is 2.75. The summed E-state index contributed by atoms with van der Waals surface area (Å²) in [5.41, 5.74) is 1.33. The van der Waals surface area contributed by atoms with Crippen LogP contribution in [-0.2, 0) is 0 Å². The maximum atomic E-state index is 6.05. The second-order valence-corrected chi connectivity index (χ2v) is 3.82. The molecule has 0 aliphatic heterocycles. The standard InChI is InChI=1S/C8H11ClS/c1-3-7(9)8-6(2)4-5-10-8/h4-5,7H,3H2,1-2H3. The highest BCUT2D eigenvalue weighted by Crippen LogP contribution is 2.30. The van der Waals surface area contributed by atoms with Gasteiger partial charge in [-0.3, -0.25) is 0 Å². The van der Waals surface area contributed by atoms with Crippen LogP contribution >= 0.6 is 22.9 Å². The molecular weight excluding hydrogens is 164 g/mol. The Labute approximate surface area is 70.8 Å². The maximum Gasteiger partial charge on any atom is 0.0678 e. The maximum absolute atomic E-state index is 6.05. The van der Waals surface area contributed by atoms with Gasteiger partial charge in [0.15, 0.2) is 0 Å². The zero-order chi connectivity index (χ0) is 7.56. The molecule has 0 aliphatic rings. The van der Waals surface area contributed by atoms with Crippen molar-refractivity contribution in [3.05, 3.63) is 21.9 Å². The largest absolute Gasteiger partial charge is 0.147 e. The molecule has 0 fully saturated rings. The van der Waals surface area contributed by atoms with Crippen LogP contribution in [0, 0.1) is 6.92 Å². The molecule has 0 radical (unpaired) electrons. The van der Waals surface area contributed by atoms with E-state index >= 15 is 0 Å². The van der Waals surface area contributed by atoms with Crippen LogP contribution in [0.4, 0.5) is 0 Å². The van der Waals surface area contributed by atoms with Crippen LogP contribution in [0.5, 0.6) is 0 Å². The van der Waals surface area contributed by atoms with Crippen molar-refractivity contribution < 1.29 is 0 Å². The van der Waals surface area contributed by atoms with Crippen LogP contribution in [0.25, 0.3) is 0 Å². The lowest BCUT2D eigenvalue weighted by atomic mass is 10.2. The zero-order valence-corrected chi connectivity index (χ0v) is 7.80. The molecule has 10 heavy (non-hydrogen) atoms. The Morgan fingerprint density at radius 3 is 2.80 bits per heavy atom. The van der Waals surface area contributed by atoms with E-state index in [1.807, 2.05) is 0 Å². The van der Waals surface area contributed by atoms with Crippen LogP contribution in [0.3, 0.4) is 0 Å². The van der Waals surface area contributed by atoms with Crippen molar-refractivity contribution in [2.45, 2.75) is 25.6 Å². The monoisotopic (exact) mass is 174 g/mol. The second-order valence-electron chi connectivity index (χ2n) is 2.34. The van der Waals surface area contributed by atoms with E-state index in [9.17, 15) is 0 Å². The van der Waals surface area contributed by atoms with Gasteiger partial charge in [0.25, 0.3) is 0 Å². The summed E-state index contributed by atoms with van der Waals surface area (Å²) < 4.78 is 0. The highest BCUT2D eigenvalue weighted by atomic mass is 35.5. The number of thiophene rings is 1. The third-order valence-corrected chi connectivity index (χ3v) is 3.33. The Morgan fingerprint density at radius 1 is 1.70 bits per heavy atom. The fourth-order valence-corrected chi connectivity index (χ4v) is 2.20. The van der Waals surface area contributed by atoms with Gasteiger partial charge in [-0.2, -0.15) is 0 Å². The molecule has 0 saturated heterocycles. The number of hydrogen-bond acceptors (Lipinski definition) is 1. The summed E-state index contributed by atoms with van der Waals surface area (Å²) in [6, 6.07) is 2.12. The predicted molar refractivity (Wildman–Crippen MR) is 47.9 cm³/mol. The number of halogens is 1. The number of hydrogen-bond donors (Lipinski definition) is 0. The molecule has 1 atom stereocenters. The molecule has 1 heterocycles. The fraction of sp³-hybridized carbons (Fsp3) is 0.500. The zero-order valence-electron chi connectivity index (χ0n) is 6.23. The van der Waals surface area contributed by atoms with Crippen molar-refractivity contribution in [1.82, 2.24) is 0 Å². The van der Waals surface area contributed by atoms with Gasteiger partial charge in [0.2, 0.25) is 0 Å². The van der Waals surface area contributed by atoms with Gasteiger partial charge in [-0.05, 0) is 30.4 Å². The highest BCUT2D eigenvalue weighted by Gasteiger charge is 2.08. The molecule has 0 nitrogen and oxygen atoms in total. The van der Waals surface area contributed by atoms with Crippen molar-refractivity contribution in [3.63, 3.8) is 0 Å². The first-order chi connectivity index (χ1) is 4.75. The van der Waals surface area contributed by atoms with Crippen molar-refractivity contribution in [2.75, 3.05) is 0 Å². The van der Waals surface area contributed by atoms with Crippen molar-refractivity contribution >= 4 is 22.9 Å². The number of aryl methyl sites for hydroxylation is 1. The lowest BCUT2D eigenvalue weighted by Crippen LogP contribution is -1.84. The first-order valence-electron chi connectivity index (χ1n) is 3.43. The summed E-state index contributed by atoms with van der Waals surface area (Å²) >= 11 is 7.80. The Balaban J connectivity index is 2.82. The molecule has 0 saturated carbocycles. The quantitative estimate of drug-likeness (QED) is 0.600. The third kappa shape index (κ3) is 1.53. The SMILES string of the molecule is CCC(Cl)c1sccc1C. The van der Waals surface area contributed by atoms with E-state index in [1.165, 1.54) is 10.4 Å². The predicted octanol–water partition coefficient (Wildman–Crippen LogP) is 3.75. The molecule has 0 aromatic carbocycles. The van der Waals surface area contributed by atoms with Crippen LogP contribution in [-0.4, -0.2) is 0 Å². The van der Waals surface area contributed by atoms with Gasteiger partial charge < -0.3 is 0 Å². The molecule has 56 valence electrons. The molecule has 0 N–H and O–H groups in total. The highest BCUT2D eigenvalue weighted by molar-refractivity contribution is 7.10. The molecule has 0 aliphatic carbocycles. The summed E-state index contributed by atoms with van der Waals surface area (Å²) in [5.74, 6) is 0. The Hall–Kier alpha value is -0.0100. The van der Waals surface area contributed by atoms with E-state index < -0.39 is 0 Å². The van der Waals surface area contributed by atoms with E-state index in [4.69, 9.17) is 11.6 Å². The van der Waals surface area contributed by atoms with Crippen LogP contribution in [0.2, 0.25) is 0 Å². The first kappa shape index (κ1) is 8.09. The molecule has 1 rings (SSSR count). The van der Waals surface area contributed by atoms with Gasteiger partial charge in [0.05, 0.1) is 5.38 Å². The molecule has 0 amide bonds. The van der Waals surface area contributed by atoms with E-state index in [2.05, 4.69) is 25.3 Å². The lowest BCUT2D eigenvalue weighted by molar-refractivity contribution is 0.895. The van der Waals surface area contributed by atoms with E-state index in [1.54, 1.807) is 11.3 Å². The van der Waals surface area contributed by atoms with Crippen molar-refractivity contribution in [2.24, 2.45) is 0 Å². The van der Waals surface area contributed by atoms with Gasteiger partial charge in [0, 0.05) is 4.88 Å². The van der Waals surface area contributed by atoms with Crippen LogP contribution in [0.1, 0.15) is 29.2 Å². The third-order valence-electron chi connectivity index (χ3n) is 1.54.